The number of amides is 1. The number of aryl methyl sites for hydroxylation is 2. The maximum absolute atomic E-state index is 13.1. The van der Waals surface area contributed by atoms with Crippen molar-refractivity contribution >= 4 is 21.6 Å². The highest BCUT2D eigenvalue weighted by atomic mass is 32.2. The van der Waals surface area contributed by atoms with Crippen molar-refractivity contribution in [3.8, 4) is 5.75 Å². The molecular formula is C27H32N2O4S. The van der Waals surface area contributed by atoms with Gasteiger partial charge in [-0.3, -0.25) is 9.52 Å². The minimum atomic E-state index is -3.72. The molecule has 0 saturated heterocycles. The SMILES string of the molecule is COc1ccc(C(CC(C)C)NC(=O)c2ccc(NS(=O)(=O)c3ccc(C)cc3)c(C)c2)cc1. The van der Waals surface area contributed by atoms with Gasteiger partial charge in [0, 0.05) is 5.56 Å². The van der Waals surface area contributed by atoms with Gasteiger partial charge in [-0.25, -0.2) is 8.42 Å². The summed E-state index contributed by atoms with van der Waals surface area (Å²) < 4.78 is 33.3. The number of rotatable bonds is 9. The van der Waals surface area contributed by atoms with Gasteiger partial charge in [0.15, 0.2) is 0 Å². The van der Waals surface area contributed by atoms with Gasteiger partial charge in [-0.05, 0) is 79.8 Å². The van der Waals surface area contributed by atoms with E-state index in [1.807, 2.05) is 31.2 Å². The van der Waals surface area contributed by atoms with Gasteiger partial charge < -0.3 is 10.1 Å². The molecule has 6 nitrogen and oxygen atoms in total. The lowest BCUT2D eigenvalue weighted by Gasteiger charge is -2.22. The molecule has 0 aliphatic carbocycles. The average molecular weight is 481 g/mol. The monoisotopic (exact) mass is 480 g/mol. The molecule has 3 aromatic carbocycles. The van der Waals surface area contributed by atoms with E-state index in [0.717, 1.165) is 23.3 Å². The number of ether oxygens (including phenoxy) is 1. The summed E-state index contributed by atoms with van der Waals surface area (Å²) in [6.45, 7) is 7.90. The zero-order valence-corrected chi connectivity index (χ0v) is 21.1. The standard InChI is InChI=1S/C27H32N2O4S/c1-18(2)16-26(21-8-11-23(33-5)12-9-21)28-27(30)22-10-15-25(20(4)17-22)29-34(31,32)24-13-6-19(3)7-14-24/h6-15,17-18,26,29H,16H2,1-5H3,(H,28,30). The second-order valence-electron chi connectivity index (χ2n) is 8.88. The van der Waals surface area contributed by atoms with Crippen LogP contribution >= 0.6 is 0 Å². The Labute approximate surface area is 202 Å². The van der Waals surface area contributed by atoms with E-state index in [2.05, 4.69) is 23.9 Å². The van der Waals surface area contributed by atoms with E-state index in [4.69, 9.17) is 4.74 Å². The van der Waals surface area contributed by atoms with E-state index in [0.29, 0.717) is 22.7 Å². The largest absolute Gasteiger partial charge is 0.497 e. The molecule has 0 spiro atoms. The summed E-state index contributed by atoms with van der Waals surface area (Å²) in [5, 5.41) is 3.13. The molecule has 0 radical (unpaired) electrons. The third kappa shape index (κ3) is 6.38. The number of carbonyl (C=O) groups excluding carboxylic acids is 1. The van der Waals surface area contributed by atoms with Crippen molar-refractivity contribution in [2.24, 2.45) is 5.92 Å². The molecule has 1 unspecified atom stereocenters. The van der Waals surface area contributed by atoms with Crippen molar-refractivity contribution < 1.29 is 17.9 Å². The number of anilines is 1. The van der Waals surface area contributed by atoms with Crippen LogP contribution in [0.1, 0.15) is 53.4 Å². The molecule has 0 aromatic heterocycles. The summed E-state index contributed by atoms with van der Waals surface area (Å²) >= 11 is 0. The van der Waals surface area contributed by atoms with Crippen LogP contribution in [0.5, 0.6) is 5.75 Å². The predicted molar refractivity (Wildman–Crippen MR) is 136 cm³/mol. The average Bonchev–Trinajstić information content (AvgIpc) is 2.80. The molecule has 2 N–H and O–H groups in total. The quantitative estimate of drug-likeness (QED) is 0.416. The fraction of sp³-hybridized carbons (Fsp3) is 0.296. The van der Waals surface area contributed by atoms with Crippen LogP contribution in [0.2, 0.25) is 0 Å². The molecule has 0 aliphatic heterocycles. The van der Waals surface area contributed by atoms with Gasteiger partial charge in [-0.15, -0.1) is 0 Å². The van der Waals surface area contributed by atoms with Gasteiger partial charge in [0.05, 0.1) is 23.7 Å². The lowest BCUT2D eigenvalue weighted by molar-refractivity contribution is 0.0932. The van der Waals surface area contributed by atoms with Crippen LogP contribution in [0.4, 0.5) is 5.69 Å². The van der Waals surface area contributed by atoms with Crippen LogP contribution in [0, 0.1) is 19.8 Å². The Morgan fingerprint density at radius 3 is 2.15 bits per heavy atom. The van der Waals surface area contributed by atoms with Crippen LogP contribution in [-0.2, 0) is 10.0 Å². The van der Waals surface area contributed by atoms with Gasteiger partial charge in [-0.1, -0.05) is 43.7 Å². The minimum absolute atomic E-state index is 0.154. The van der Waals surface area contributed by atoms with Gasteiger partial charge in [0.25, 0.3) is 15.9 Å². The molecule has 3 rings (SSSR count). The third-order valence-electron chi connectivity index (χ3n) is 5.59. The molecule has 0 fully saturated rings. The van der Waals surface area contributed by atoms with E-state index in [1.165, 1.54) is 0 Å². The van der Waals surface area contributed by atoms with Crippen molar-refractivity contribution in [3.05, 3.63) is 89.0 Å². The molecule has 0 bridgehead atoms. The smallest absolute Gasteiger partial charge is 0.261 e. The Bertz CT molecular complexity index is 1230. The van der Waals surface area contributed by atoms with E-state index in [-0.39, 0.29) is 16.8 Å². The molecule has 7 heteroatoms. The fourth-order valence-electron chi connectivity index (χ4n) is 3.67. The van der Waals surface area contributed by atoms with Crippen LogP contribution in [0.15, 0.2) is 71.6 Å². The van der Waals surface area contributed by atoms with Gasteiger partial charge in [-0.2, -0.15) is 0 Å². The van der Waals surface area contributed by atoms with Crippen molar-refractivity contribution in [1.82, 2.24) is 5.32 Å². The van der Waals surface area contributed by atoms with E-state index >= 15 is 0 Å². The normalized spacial score (nSPS) is 12.3. The summed E-state index contributed by atoms with van der Waals surface area (Å²) in [6, 6.07) is 19.1. The van der Waals surface area contributed by atoms with Gasteiger partial charge in [0.2, 0.25) is 0 Å². The number of methoxy groups -OCH3 is 1. The first-order valence-corrected chi connectivity index (χ1v) is 12.7. The summed E-state index contributed by atoms with van der Waals surface area (Å²) in [7, 11) is -2.10. The summed E-state index contributed by atoms with van der Waals surface area (Å²) in [6.07, 6.45) is 0.783. The fourth-order valence-corrected chi connectivity index (χ4v) is 4.80. The highest BCUT2D eigenvalue weighted by molar-refractivity contribution is 7.92. The second kappa shape index (κ2) is 10.7. The Hall–Kier alpha value is -3.32. The first-order valence-electron chi connectivity index (χ1n) is 11.2. The summed E-state index contributed by atoms with van der Waals surface area (Å²) in [4.78, 5) is 13.3. The second-order valence-corrected chi connectivity index (χ2v) is 10.6. The molecule has 1 amide bonds. The molecular weight excluding hydrogens is 448 g/mol. The van der Waals surface area contributed by atoms with Gasteiger partial charge in [0.1, 0.15) is 5.75 Å². The van der Waals surface area contributed by atoms with E-state index < -0.39 is 10.0 Å². The van der Waals surface area contributed by atoms with E-state index in [1.54, 1.807) is 56.5 Å². The molecule has 1 atom stereocenters. The third-order valence-corrected chi connectivity index (χ3v) is 6.98. The maximum Gasteiger partial charge on any atom is 0.261 e. The zero-order valence-electron chi connectivity index (χ0n) is 20.3. The molecule has 180 valence electrons. The number of hydrogen-bond acceptors (Lipinski definition) is 4. The van der Waals surface area contributed by atoms with Gasteiger partial charge >= 0.3 is 0 Å². The van der Waals surface area contributed by atoms with Crippen LogP contribution in [0.25, 0.3) is 0 Å². The number of carbonyl (C=O) groups is 1. The lowest BCUT2D eigenvalue weighted by Crippen LogP contribution is -2.29. The van der Waals surface area contributed by atoms with Crippen molar-refractivity contribution in [3.63, 3.8) is 0 Å². The van der Waals surface area contributed by atoms with Crippen LogP contribution in [0.3, 0.4) is 0 Å². The number of benzene rings is 3. The highest BCUT2D eigenvalue weighted by Gasteiger charge is 2.19. The van der Waals surface area contributed by atoms with Crippen molar-refractivity contribution in [2.45, 2.75) is 45.1 Å². The Morgan fingerprint density at radius 2 is 1.59 bits per heavy atom. The predicted octanol–water partition coefficient (Wildman–Crippen LogP) is 5.63. The topological polar surface area (TPSA) is 84.5 Å². The molecule has 34 heavy (non-hydrogen) atoms. The molecule has 3 aromatic rings. The number of sulfonamides is 1. The summed E-state index contributed by atoms with van der Waals surface area (Å²) in [5.74, 6) is 0.933. The zero-order chi connectivity index (χ0) is 24.9. The van der Waals surface area contributed by atoms with Crippen molar-refractivity contribution in [1.29, 1.82) is 0 Å². The van der Waals surface area contributed by atoms with Crippen LogP contribution in [-0.4, -0.2) is 21.4 Å². The Kier molecular flexibility index (Phi) is 7.99. The molecule has 0 aliphatic rings. The lowest BCUT2D eigenvalue weighted by atomic mass is 9.96. The number of hydrogen-bond donors (Lipinski definition) is 2. The Morgan fingerprint density at radius 1 is 0.941 bits per heavy atom. The molecule has 0 saturated carbocycles. The first-order chi connectivity index (χ1) is 16.1. The van der Waals surface area contributed by atoms with Crippen molar-refractivity contribution in [2.75, 3.05) is 11.8 Å². The van der Waals surface area contributed by atoms with E-state index in [9.17, 15) is 13.2 Å². The van der Waals surface area contributed by atoms with Crippen LogP contribution < -0.4 is 14.8 Å². The highest BCUT2D eigenvalue weighted by Crippen LogP contribution is 2.25. The first kappa shape index (κ1) is 25.3. The Balaban J connectivity index is 1.77. The minimum Gasteiger partial charge on any atom is -0.497 e. The number of nitrogens with one attached hydrogen (secondary N) is 2. The maximum atomic E-state index is 13.1. The summed E-state index contributed by atoms with van der Waals surface area (Å²) in [5.41, 5.74) is 3.55. The molecule has 0 heterocycles.